The van der Waals surface area contributed by atoms with Crippen molar-refractivity contribution in [2.45, 2.75) is 39.3 Å². The van der Waals surface area contributed by atoms with E-state index < -0.39 is 0 Å². The number of amides is 1. The molecule has 0 aromatic heterocycles. The Balaban J connectivity index is 2.27. The van der Waals surface area contributed by atoms with Crippen molar-refractivity contribution < 1.29 is 23.7 Å². The van der Waals surface area contributed by atoms with Crippen LogP contribution in [0.2, 0.25) is 0 Å². The van der Waals surface area contributed by atoms with Crippen LogP contribution in [0.4, 0.5) is 0 Å². The third kappa shape index (κ3) is 5.47. The van der Waals surface area contributed by atoms with Gasteiger partial charge in [0.2, 0.25) is 0 Å². The second-order valence-electron chi connectivity index (χ2n) is 7.14. The summed E-state index contributed by atoms with van der Waals surface area (Å²) in [4.78, 5) is 12.9. The SMILES string of the molecule is C=CCc1cc(C(=O)NC(C)c2ccc(OC(C)C)c(OC)c2)cc(OC)c1OC. The molecule has 0 fully saturated rings. The molecule has 162 valence electrons. The maximum atomic E-state index is 12.9. The van der Waals surface area contributed by atoms with Gasteiger partial charge in [-0.2, -0.15) is 0 Å². The molecule has 0 aliphatic rings. The van der Waals surface area contributed by atoms with Crippen LogP contribution in [0.15, 0.2) is 43.0 Å². The van der Waals surface area contributed by atoms with Crippen LogP contribution in [-0.2, 0) is 6.42 Å². The molecule has 0 spiro atoms. The van der Waals surface area contributed by atoms with E-state index in [4.69, 9.17) is 18.9 Å². The molecule has 0 radical (unpaired) electrons. The van der Waals surface area contributed by atoms with Gasteiger partial charge in [-0.05, 0) is 57.0 Å². The number of rotatable bonds is 10. The number of ether oxygens (including phenoxy) is 4. The Hall–Kier alpha value is -3.15. The molecule has 0 aliphatic carbocycles. The monoisotopic (exact) mass is 413 g/mol. The fourth-order valence-electron chi connectivity index (χ4n) is 3.15. The number of allylic oxidation sites excluding steroid dienone is 1. The summed E-state index contributed by atoms with van der Waals surface area (Å²) in [7, 11) is 4.72. The Morgan fingerprint density at radius 1 is 1.00 bits per heavy atom. The standard InChI is InChI=1S/C24H31NO5/c1-8-9-18-12-19(14-22(28-6)23(18)29-7)24(26)25-16(4)17-10-11-20(30-15(2)3)21(13-17)27-5/h8,10-16H,1,9H2,2-7H3,(H,25,26). The van der Waals surface area contributed by atoms with E-state index in [-0.39, 0.29) is 18.1 Å². The second kappa shape index (κ2) is 10.6. The molecule has 0 aliphatic heterocycles. The zero-order valence-electron chi connectivity index (χ0n) is 18.6. The van der Waals surface area contributed by atoms with E-state index in [1.54, 1.807) is 39.5 Å². The van der Waals surface area contributed by atoms with Gasteiger partial charge in [0.05, 0.1) is 33.5 Å². The van der Waals surface area contributed by atoms with Gasteiger partial charge < -0.3 is 24.3 Å². The lowest BCUT2D eigenvalue weighted by atomic mass is 10.0. The Morgan fingerprint density at radius 3 is 2.27 bits per heavy atom. The average molecular weight is 414 g/mol. The molecule has 0 heterocycles. The van der Waals surface area contributed by atoms with E-state index in [0.29, 0.717) is 35.0 Å². The van der Waals surface area contributed by atoms with E-state index >= 15 is 0 Å². The highest BCUT2D eigenvalue weighted by Crippen LogP contribution is 2.34. The molecule has 1 unspecified atom stereocenters. The third-order valence-corrected chi connectivity index (χ3v) is 4.58. The molecule has 30 heavy (non-hydrogen) atoms. The first-order valence-corrected chi connectivity index (χ1v) is 9.85. The minimum Gasteiger partial charge on any atom is -0.493 e. The highest BCUT2D eigenvalue weighted by molar-refractivity contribution is 5.95. The van der Waals surface area contributed by atoms with Crippen molar-refractivity contribution in [2.75, 3.05) is 21.3 Å². The van der Waals surface area contributed by atoms with Crippen molar-refractivity contribution in [1.82, 2.24) is 5.32 Å². The lowest BCUT2D eigenvalue weighted by Crippen LogP contribution is -2.27. The van der Waals surface area contributed by atoms with Crippen LogP contribution in [0.25, 0.3) is 0 Å². The summed E-state index contributed by atoms with van der Waals surface area (Å²) < 4.78 is 22.1. The first kappa shape index (κ1) is 23.1. The molecule has 1 amide bonds. The highest BCUT2D eigenvalue weighted by atomic mass is 16.5. The maximum Gasteiger partial charge on any atom is 0.251 e. The maximum absolute atomic E-state index is 12.9. The summed E-state index contributed by atoms with van der Waals surface area (Å²) in [5.74, 6) is 2.19. The van der Waals surface area contributed by atoms with E-state index in [1.807, 2.05) is 39.0 Å². The van der Waals surface area contributed by atoms with E-state index in [0.717, 1.165) is 11.1 Å². The number of carbonyl (C=O) groups excluding carboxylic acids is 1. The fourth-order valence-corrected chi connectivity index (χ4v) is 3.15. The summed E-state index contributed by atoms with van der Waals surface area (Å²) >= 11 is 0. The summed E-state index contributed by atoms with van der Waals surface area (Å²) in [6, 6.07) is 8.88. The number of methoxy groups -OCH3 is 3. The van der Waals surface area contributed by atoms with Crippen LogP contribution in [0.3, 0.4) is 0 Å². The fraction of sp³-hybridized carbons (Fsp3) is 0.375. The Kier molecular flexibility index (Phi) is 8.16. The van der Waals surface area contributed by atoms with Crippen molar-refractivity contribution in [3.8, 4) is 23.0 Å². The third-order valence-electron chi connectivity index (χ3n) is 4.58. The molecular weight excluding hydrogens is 382 g/mol. The van der Waals surface area contributed by atoms with E-state index in [1.165, 1.54) is 0 Å². The normalized spacial score (nSPS) is 11.6. The van der Waals surface area contributed by atoms with Crippen molar-refractivity contribution >= 4 is 5.91 Å². The lowest BCUT2D eigenvalue weighted by molar-refractivity contribution is 0.0939. The van der Waals surface area contributed by atoms with Crippen molar-refractivity contribution in [1.29, 1.82) is 0 Å². The van der Waals surface area contributed by atoms with Crippen LogP contribution in [0.5, 0.6) is 23.0 Å². The number of benzene rings is 2. The minimum atomic E-state index is -0.240. The largest absolute Gasteiger partial charge is 0.493 e. The predicted molar refractivity (Wildman–Crippen MR) is 118 cm³/mol. The van der Waals surface area contributed by atoms with Gasteiger partial charge in [0, 0.05) is 11.1 Å². The van der Waals surface area contributed by atoms with Crippen molar-refractivity contribution in [3.63, 3.8) is 0 Å². The Labute approximate surface area is 178 Å². The summed E-state index contributed by atoms with van der Waals surface area (Å²) in [5.41, 5.74) is 2.23. The van der Waals surface area contributed by atoms with Gasteiger partial charge in [0.25, 0.3) is 5.91 Å². The van der Waals surface area contributed by atoms with Crippen LogP contribution < -0.4 is 24.3 Å². The van der Waals surface area contributed by atoms with Gasteiger partial charge in [-0.1, -0.05) is 12.1 Å². The predicted octanol–water partition coefficient (Wildman–Crippen LogP) is 4.72. The molecule has 1 atom stereocenters. The Bertz CT molecular complexity index is 891. The molecule has 0 saturated heterocycles. The topological polar surface area (TPSA) is 66.0 Å². The quantitative estimate of drug-likeness (QED) is 0.571. The van der Waals surface area contributed by atoms with Gasteiger partial charge in [0.15, 0.2) is 23.0 Å². The van der Waals surface area contributed by atoms with Crippen molar-refractivity contribution in [2.24, 2.45) is 0 Å². The van der Waals surface area contributed by atoms with Gasteiger partial charge in [0.1, 0.15) is 0 Å². The Morgan fingerprint density at radius 2 is 1.70 bits per heavy atom. The van der Waals surface area contributed by atoms with Crippen molar-refractivity contribution in [3.05, 3.63) is 59.7 Å². The van der Waals surface area contributed by atoms with Gasteiger partial charge in [-0.15, -0.1) is 6.58 Å². The number of hydrogen-bond donors (Lipinski definition) is 1. The summed E-state index contributed by atoms with van der Waals surface area (Å²) in [6.45, 7) is 9.61. The molecule has 0 saturated carbocycles. The second-order valence-corrected chi connectivity index (χ2v) is 7.14. The molecule has 2 rings (SSSR count). The van der Waals surface area contributed by atoms with Crippen LogP contribution in [0.1, 0.15) is 48.3 Å². The van der Waals surface area contributed by atoms with Gasteiger partial charge in [-0.25, -0.2) is 0 Å². The molecule has 2 aromatic carbocycles. The molecule has 6 heteroatoms. The first-order valence-electron chi connectivity index (χ1n) is 9.85. The number of carbonyl (C=O) groups is 1. The molecule has 2 aromatic rings. The number of hydrogen-bond acceptors (Lipinski definition) is 5. The highest BCUT2D eigenvalue weighted by Gasteiger charge is 2.18. The molecule has 6 nitrogen and oxygen atoms in total. The zero-order valence-corrected chi connectivity index (χ0v) is 18.6. The van der Waals surface area contributed by atoms with Gasteiger partial charge >= 0.3 is 0 Å². The zero-order chi connectivity index (χ0) is 22.3. The first-order chi connectivity index (χ1) is 14.3. The molecule has 1 N–H and O–H groups in total. The summed E-state index contributed by atoms with van der Waals surface area (Å²) in [6.07, 6.45) is 2.36. The van der Waals surface area contributed by atoms with Crippen LogP contribution >= 0.6 is 0 Å². The molecule has 0 bridgehead atoms. The smallest absolute Gasteiger partial charge is 0.251 e. The lowest BCUT2D eigenvalue weighted by Gasteiger charge is -2.19. The molecular formula is C24H31NO5. The number of nitrogens with one attached hydrogen (secondary N) is 1. The van der Waals surface area contributed by atoms with E-state index in [2.05, 4.69) is 11.9 Å². The van der Waals surface area contributed by atoms with Crippen LogP contribution in [-0.4, -0.2) is 33.3 Å². The minimum absolute atomic E-state index is 0.0386. The van der Waals surface area contributed by atoms with Gasteiger partial charge in [-0.3, -0.25) is 4.79 Å². The average Bonchev–Trinajstić information content (AvgIpc) is 2.72. The van der Waals surface area contributed by atoms with E-state index in [9.17, 15) is 4.79 Å². The summed E-state index contributed by atoms with van der Waals surface area (Å²) in [5, 5.41) is 3.02. The van der Waals surface area contributed by atoms with Crippen LogP contribution in [0, 0.1) is 0 Å².